The summed E-state index contributed by atoms with van der Waals surface area (Å²) in [6, 6.07) is 32.3. The molecule has 0 radical (unpaired) electrons. The maximum atomic E-state index is 13.5. The fraction of sp³-hybridized carbons (Fsp3) is 0.409. The van der Waals surface area contributed by atoms with E-state index in [0.717, 1.165) is 184 Å². The van der Waals surface area contributed by atoms with Crippen LogP contribution in [0.15, 0.2) is 122 Å². The number of aromatic nitrogens is 2. The third-order valence-electron chi connectivity index (χ3n) is 21.1. The van der Waals surface area contributed by atoms with Crippen molar-refractivity contribution < 1.29 is 47.5 Å². The van der Waals surface area contributed by atoms with E-state index in [1.165, 1.54) is 0 Å². The molecular formula is C88H96N4O10. The number of amides is 2. The molecule has 4 N–H and O–H groups in total. The van der Waals surface area contributed by atoms with Gasteiger partial charge in [0.25, 0.3) is 0 Å². The number of hydrogen-bond acceptors (Lipinski definition) is 12. The van der Waals surface area contributed by atoms with Crippen LogP contribution in [0.25, 0.3) is 22.3 Å². The first-order valence-corrected chi connectivity index (χ1v) is 37.7. The second kappa shape index (κ2) is 33.7. The molecule has 1 aliphatic carbocycles. The van der Waals surface area contributed by atoms with E-state index in [2.05, 4.69) is 85.6 Å². The fourth-order valence-corrected chi connectivity index (χ4v) is 15.9. The van der Waals surface area contributed by atoms with Gasteiger partial charge in [0.15, 0.2) is 0 Å². The number of primary amides is 2. The van der Waals surface area contributed by atoms with Gasteiger partial charge in [-0.2, -0.15) is 0 Å². The lowest BCUT2D eigenvalue weighted by Crippen LogP contribution is -2.24. The fourth-order valence-electron chi connectivity index (χ4n) is 15.9. The van der Waals surface area contributed by atoms with Crippen molar-refractivity contribution in [3.8, 4) is 91.9 Å². The largest absolute Gasteiger partial charge is 0.456 e. The summed E-state index contributed by atoms with van der Waals surface area (Å²) in [5.74, 6) is 16.5. The SMILES string of the molecule is CCCCCCC[C@@H]1c2cc3c4c(C#Cc5ccncc5)c2OCOc2c1cc1c(c2-c2cccc(C(N)=O)c2)OCOc2c(cc5c(c2C#Cc2ccncc2)OCOc2c(cc(c(c2-c2cccc(C(N)=O)c2)OCO4)[C@H]3CCCCCCC)[C@@H]5CCCCCCC)[C@@H]1CCCCCCC. The van der Waals surface area contributed by atoms with Gasteiger partial charge in [-0.1, -0.05) is 204 Å². The summed E-state index contributed by atoms with van der Waals surface area (Å²) >= 11 is 0. The van der Waals surface area contributed by atoms with Crippen molar-refractivity contribution in [3.63, 3.8) is 0 Å². The molecule has 0 spiro atoms. The maximum absolute atomic E-state index is 13.5. The maximum Gasteiger partial charge on any atom is 0.248 e. The monoisotopic (exact) mass is 1370 g/mol. The highest BCUT2D eigenvalue weighted by atomic mass is 16.7. The van der Waals surface area contributed by atoms with Crippen molar-refractivity contribution in [2.24, 2.45) is 11.5 Å². The zero-order valence-electron chi connectivity index (χ0n) is 59.8. The van der Waals surface area contributed by atoms with Gasteiger partial charge in [-0.05, 0) is 110 Å². The Morgan fingerprint density at radius 3 is 0.882 bits per heavy atom. The Labute approximate surface area is 601 Å². The summed E-state index contributed by atoms with van der Waals surface area (Å²) in [5.41, 5.74) is 26.3. The molecule has 0 fully saturated rings. The van der Waals surface area contributed by atoms with Crippen LogP contribution in [0.1, 0.15) is 293 Å². The van der Waals surface area contributed by atoms with E-state index in [1.807, 2.05) is 60.7 Å². The van der Waals surface area contributed by atoms with Crippen LogP contribution in [0.2, 0.25) is 0 Å². The van der Waals surface area contributed by atoms with Gasteiger partial charge in [0.05, 0.1) is 11.1 Å². The number of rotatable bonds is 28. The molecule has 8 aromatic rings. The molecule has 0 unspecified atom stereocenters. The molecule has 4 atom stereocenters. The number of unbranched alkanes of at least 4 members (excludes halogenated alkanes) is 16. The highest BCUT2D eigenvalue weighted by molar-refractivity contribution is 5.96. The topological polar surface area (TPSA) is 186 Å². The molecule has 8 bridgehead atoms. The third-order valence-corrected chi connectivity index (χ3v) is 21.1. The van der Waals surface area contributed by atoms with Gasteiger partial charge in [0, 0.05) is 115 Å². The smallest absolute Gasteiger partial charge is 0.248 e. The molecular weight excluding hydrogens is 1270 g/mol. The summed E-state index contributed by atoms with van der Waals surface area (Å²) < 4.78 is 58.5. The predicted molar refractivity (Wildman–Crippen MR) is 399 cm³/mol. The van der Waals surface area contributed by atoms with Crippen LogP contribution in [0.4, 0.5) is 0 Å². The van der Waals surface area contributed by atoms with Gasteiger partial charge in [0.2, 0.25) is 39.0 Å². The first-order chi connectivity index (χ1) is 50.2. The van der Waals surface area contributed by atoms with Crippen molar-refractivity contribution in [1.82, 2.24) is 9.97 Å². The van der Waals surface area contributed by atoms with E-state index in [0.29, 0.717) is 116 Å². The Morgan fingerprint density at radius 1 is 0.343 bits per heavy atom. The first-order valence-electron chi connectivity index (χ1n) is 37.7. The van der Waals surface area contributed by atoms with E-state index in [-0.39, 0.29) is 50.8 Å². The number of hydrogen-bond donors (Lipinski definition) is 2. The summed E-state index contributed by atoms with van der Waals surface area (Å²) in [6.45, 7) is 8.12. The molecule has 0 saturated heterocycles. The van der Waals surface area contributed by atoms with Crippen molar-refractivity contribution in [1.29, 1.82) is 0 Å². The normalized spacial score (nSPS) is 16.3. The number of nitrogens with zero attached hydrogens (tertiary/aromatic N) is 2. The number of pyridine rings is 2. The van der Waals surface area contributed by atoms with Crippen LogP contribution in [-0.2, 0) is 0 Å². The summed E-state index contributed by atoms with van der Waals surface area (Å²) in [4.78, 5) is 35.7. The molecule has 5 aliphatic rings. The molecule has 6 aromatic carbocycles. The van der Waals surface area contributed by atoms with E-state index in [4.69, 9.17) is 49.4 Å². The van der Waals surface area contributed by atoms with Gasteiger partial charge in [0.1, 0.15) is 57.1 Å². The van der Waals surface area contributed by atoms with Gasteiger partial charge < -0.3 is 49.4 Å². The molecule has 14 nitrogen and oxygen atoms in total. The molecule has 0 saturated carbocycles. The minimum atomic E-state index is -0.553. The standard InChI is InChI=1S/C88H96N4O10/c1-5-9-13-17-21-31-63-69-49-70-64(32-22-18-14-10-6-2)75-52-76-66(34-24-20-16-12-8-4)72-50-71-65(33-23-19-15-11-7-3)74-51-73(63)83-77(59-27-25-29-61(47-59)87(89)93)84(74)100-55-97-81(71)68(38-36-58-41-45-92-46-42-58)82(72)98-56-102-86(76)78(60-28-26-30-62(48-60)88(90)94)85(75)101-54-96-80(70)67(79(69)95-53-99-83)37-35-57-39-43-91-44-40-57/h25-30,39-52,63-66H,5-24,31-34,53-56H2,1-4H3,(H2,89,93)(H2,90,94)/t63-,64+,65+,66-. The van der Waals surface area contributed by atoms with Crippen LogP contribution in [0.3, 0.4) is 0 Å². The van der Waals surface area contributed by atoms with Crippen molar-refractivity contribution in [3.05, 3.63) is 200 Å². The van der Waals surface area contributed by atoms with Crippen LogP contribution in [-0.4, -0.2) is 49.0 Å². The van der Waals surface area contributed by atoms with Gasteiger partial charge in [-0.25, -0.2) is 0 Å². The Kier molecular flexibility index (Phi) is 23.3. The average Bonchev–Trinajstić information content (AvgIpc) is 0.722. The Morgan fingerprint density at radius 2 is 0.608 bits per heavy atom. The molecule has 13 rings (SSSR count). The van der Waals surface area contributed by atoms with Crippen LogP contribution in [0, 0.1) is 23.7 Å². The number of carbonyl (C=O) groups is 2. The van der Waals surface area contributed by atoms with Crippen LogP contribution < -0.4 is 49.4 Å². The second-order valence-electron chi connectivity index (χ2n) is 27.9. The third kappa shape index (κ3) is 15.3. The molecule has 6 heterocycles. The van der Waals surface area contributed by atoms with Crippen molar-refractivity contribution in [2.45, 2.75) is 205 Å². The first kappa shape index (κ1) is 70.5. The lowest BCUT2D eigenvalue weighted by Gasteiger charge is -2.37. The number of benzene rings is 6. The van der Waals surface area contributed by atoms with Crippen LogP contribution in [0.5, 0.6) is 46.0 Å². The summed E-state index contributed by atoms with van der Waals surface area (Å²) in [7, 11) is 0. The lowest BCUT2D eigenvalue weighted by molar-refractivity contribution is 0.0981. The molecule has 528 valence electrons. The molecule has 14 heteroatoms. The minimum absolute atomic E-state index is 0.223. The summed E-state index contributed by atoms with van der Waals surface area (Å²) in [6.07, 6.45) is 30.6. The highest BCUT2D eigenvalue weighted by Gasteiger charge is 2.42. The van der Waals surface area contributed by atoms with E-state index in [1.54, 1.807) is 36.9 Å². The molecule has 2 aromatic heterocycles. The van der Waals surface area contributed by atoms with E-state index < -0.39 is 11.8 Å². The second-order valence-corrected chi connectivity index (χ2v) is 27.9. The quantitative estimate of drug-likeness (QED) is 0.0350. The highest BCUT2D eigenvalue weighted by Crippen LogP contribution is 2.61. The number of ether oxygens (including phenoxy) is 8. The van der Waals surface area contributed by atoms with Crippen molar-refractivity contribution >= 4 is 11.8 Å². The van der Waals surface area contributed by atoms with Crippen molar-refractivity contribution in [2.75, 3.05) is 27.2 Å². The van der Waals surface area contributed by atoms with Gasteiger partial charge in [-0.15, -0.1) is 0 Å². The average molecular weight is 1370 g/mol. The molecule has 4 aliphatic heterocycles. The number of nitrogens with two attached hydrogens (primary N) is 2. The van der Waals surface area contributed by atoms with Gasteiger partial charge >= 0.3 is 0 Å². The number of carbonyl (C=O) groups excluding carboxylic acids is 2. The Bertz CT molecular complexity index is 4020. The van der Waals surface area contributed by atoms with E-state index in [9.17, 15) is 9.59 Å². The lowest BCUT2D eigenvalue weighted by atomic mass is 9.73. The minimum Gasteiger partial charge on any atom is -0.456 e. The zero-order valence-corrected chi connectivity index (χ0v) is 59.8. The van der Waals surface area contributed by atoms with Crippen LogP contribution >= 0.6 is 0 Å². The summed E-state index contributed by atoms with van der Waals surface area (Å²) in [5, 5.41) is 0. The molecule has 102 heavy (non-hydrogen) atoms. The zero-order chi connectivity index (χ0) is 70.3. The Balaban J connectivity index is 1.24. The predicted octanol–water partition coefficient (Wildman–Crippen LogP) is 20.0. The molecule has 2 amide bonds. The Hall–Kier alpha value is -9.92. The van der Waals surface area contributed by atoms with Gasteiger partial charge in [-0.3, -0.25) is 19.6 Å². The van der Waals surface area contributed by atoms with E-state index >= 15 is 0 Å².